The van der Waals surface area contributed by atoms with E-state index in [0.717, 1.165) is 25.0 Å². The summed E-state index contributed by atoms with van der Waals surface area (Å²) in [6, 6.07) is 0. The maximum absolute atomic E-state index is 10.8. The first-order chi connectivity index (χ1) is 19.4. The Hall–Kier alpha value is -3.96. The van der Waals surface area contributed by atoms with Gasteiger partial charge in [0.2, 0.25) is 0 Å². The van der Waals surface area contributed by atoms with Crippen LogP contribution in [0.3, 0.4) is 0 Å². The van der Waals surface area contributed by atoms with Crippen molar-refractivity contribution in [2.75, 3.05) is 0 Å². The molecule has 0 aromatic rings. The molecule has 240 valence electrons. The van der Waals surface area contributed by atoms with Gasteiger partial charge in [0.1, 0.15) is 0 Å². The first-order valence-corrected chi connectivity index (χ1v) is 13.7. The third kappa shape index (κ3) is 32.3. The van der Waals surface area contributed by atoms with Gasteiger partial charge in [-0.2, -0.15) is 0 Å². The van der Waals surface area contributed by atoms with Crippen LogP contribution in [0.1, 0.15) is 101 Å². The van der Waals surface area contributed by atoms with E-state index in [2.05, 4.69) is 32.1 Å². The third-order valence-electron chi connectivity index (χ3n) is 3.95. The zero-order valence-electron chi connectivity index (χ0n) is 26.4. The maximum Gasteiger partial charge on any atom is 0.337 e. The van der Waals surface area contributed by atoms with Crippen LogP contribution in [-0.4, -0.2) is 47.8 Å². The normalized spacial score (nSPS) is 9.33. The van der Waals surface area contributed by atoms with Gasteiger partial charge in [-0.25, -0.2) is 9.59 Å². The second kappa shape index (κ2) is 28.6. The Bertz CT molecular complexity index is 864. The van der Waals surface area contributed by atoms with Crippen LogP contribution in [-0.2, 0) is 57.3 Å². The Labute approximate surface area is 249 Å². The van der Waals surface area contributed by atoms with Crippen LogP contribution < -0.4 is 0 Å². The van der Waals surface area contributed by atoms with Crippen LogP contribution in [0, 0.1) is 17.8 Å². The highest BCUT2D eigenvalue weighted by Crippen LogP contribution is 2.01. The minimum absolute atomic E-state index is 0.238. The van der Waals surface area contributed by atoms with Crippen LogP contribution >= 0.6 is 0 Å². The topological polar surface area (TPSA) is 173 Å². The van der Waals surface area contributed by atoms with Crippen molar-refractivity contribution in [2.45, 2.75) is 101 Å². The van der Waals surface area contributed by atoms with Gasteiger partial charge in [0.15, 0.2) is 0 Å². The highest BCUT2D eigenvalue weighted by molar-refractivity contribution is 5.92. The first kappa shape index (κ1) is 45.0. The highest BCUT2D eigenvalue weighted by atomic mass is 16.6. The third-order valence-corrected chi connectivity index (χ3v) is 3.95. The molecule has 12 nitrogen and oxygen atoms in total. The second-order valence-electron chi connectivity index (χ2n) is 9.24. The fourth-order valence-corrected chi connectivity index (χ4v) is 1.64. The fraction of sp³-hybridized carbons (Fsp3) is 0.600. The molecule has 0 fully saturated rings. The Morgan fingerprint density at radius 1 is 0.476 bits per heavy atom. The standard InChI is InChI=1S/2C8H14O3.2C7H10O3/c1-5(2)7(9)11-8(10)6(3)4;1-3-5-7(9)11-8(10)6-4-2;1-4-6(8)10-7(9)5(2)3;1-3-5-7(9)10-6(8)4-2/h5-6H,1-4H3;3-6H2,1-2H3;4-5H,1H2,2-3H3;4H,2-3,5H2,1H3. The van der Waals surface area contributed by atoms with Crippen molar-refractivity contribution in [3.8, 4) is 0 Å². The van der Waals surface area contributed by atoms with Gasteiger partial charge in [-0.05, 0) is 19.3 Å². The van der Waals surface area contributed by atoms with Crippen LogP contribution in [0.25, 0.3) is 0 Å². The molecule has 0 rings (SSSR count). The maximum atomic E-state index is 10.8. The minimum atomic E-state index is -0.696. The van der Waals surface area contributed by atoms with Crippen molar-refractivity contribution in [3.05, 3.63) is 25.3 Å². The molecule has 0 spiro atoms. The van der Waals surface area contributed by atoms with E-state index in [1.165, 1.54) is 0 Å². The zero-order valence-corrected chi connectivity index (χ0v) is 26.4. The number of ether oxygens (including phenoxy) is 4. The summed E-state index contributed by atoms with van der Waals surface area (Å²) in [7, 11) is 0. The fourth-order valence-electron chi connectivity index (χ4n) is 1.64. The molecule has 0 amide bonds. The molecule has 0 aliphatic carbocycles. The van der Waals surface area contributed by atoms with E-state index in [0.29, 0.717) is 19.3 Å². The van der Waals surface area contributed by atoms with Gasteiger partial charge in [0.25, 0.3) is 0 Å². The number of carbonyl (C=O) groups is 8. The van der Waals surface area contributed by atoms with Gasteiger partial charge in [-0.3, -0.25) is 28.8 Å². The zero-order chi connectivity index (χ0) is 33.8. The molecule has 0 heterocycles. The quantitative estimate of drug-likeness (QED) is 0.135. The molecule has 0 aromatic heterocycles. The van der Waals surface area contributed by atoms with E-state index in [1.807, 2.05) is 20.8 Å². The molecule has 0 unspecified atom stereocenters. The van der Waals surface area contributed by atoms with E-state index in [4.69, 9.17) is 0 Å². The van der Waals surface area contributed by atoms with Crippen LogP contribution in [0.4, 0.5) is 0 Å². The van der Waals surface area contributed by atoms with Gasteiger partial charge in [0, 0.05) is 31.4 Å². The van der Waals surface area contributed by atoms with Crippen LogP contribution in [0.5, 0.6) is 0 Å². The van der Waals surface area contributed by atoms with Crippen molar-refractivity contribution in [1.29, 1.82) is 0 Å². The number of esters is 8. The number of rotatable bonds is 11. The first-order valence-electron chi connectivity index (χ1n) is 13.7. The summed E-state index contributed by atoms with van der Waals surface area (Å²) in [6.07, 6.45) is 4.98. The number of hydrogen-bond donors (Lipinski definition) is 0. The molecule has 0 saturated heterocycles. The molecule has 0 radical (unpaired) electrons. The summed E-state index contributed by atoms with van der Waals surface area (Å²) < 4.78 is 17.5. The number of carbonyl (C=O) groups excluding carboxylic acids is 8. The summed E-state index contributed by atoms with van der Waals surface area (Å²) >= 11 is 0. The highest BCUT2D eigenvalue weighted by Gasteiger charge is 2.16. The average molecular weight is 601 g/mol. The Kier molecular flexibility index (Phi) is 30.6. The van der Waals surface area contributed by atoms with Crippen LogP contribution in [0.15, 0.2) is 25.3 Å². The van der Waals surface area contributed by atoms with Gasteiger partial charge in [0.05, 0.1) is 17.8 Å². The van der Waals surface area contributed by atoms with E-state index < -0.39 is 47.8 Å². The number of hydrogen-bond acceptors (Lipinski definition) is 12. The lowest BCUT2D eigenvalue weighted by molar-refractivity contribution is -0.165. The Morgan fingerprint density at radius 2 is 0.738 bits per heavy atom. The lowest BCUT2D eigenvalue weighted by atomic mass is 10.2. The Balaban J connectivity index is -0.000000229. The van der Waals surface area contributed by atoms with Crippen molar-refractivity contribution in [1.82, 2.24) is 0 Å². The largest absolute Gasteiger partial charge is 0.393 e. The molecule has 42 heavy (non-hydrogen) atoms. The molecule has 0 N–H and O–H groups in total. The molecule has 0 aliphatic heterocycles. The summed E-state index contributed by atoms with van der Waals surface area (Å²) in [5.74, 6) is -4.88. The van der Waals surface area contributed by atoms with Gasteiger partial charge in [-0.1, -0.05) is 75.5 Å². The predicted octanol–water partition coefficient (Wildman–Crippen LogP) is 4.97. The molecule has 0 atom stereocenters. The smallest absolute Gasteiger partial charge is 0.337 e. The molecular weight excluding hydrogens is 552 g/mol. The lowest BCUT2D eigenvalue weighted by Crippen LogP contribution is -2.20. The predicted molar refractivity (Wildman–Crippen MR) is 154 cm³/mol. The summed E-state index contributed by atoms with van der Waals surface area (Å²) in [5, 5.41) is 0. The van der Waals surface area contributed by atoms with E-state index in [-0.39, 0.29) is 24.2 Å². The van der Waals surface area contributed by atoms with Gasteiger partial charge < -0.3 is 18.9 Å². The van der Waals surface area contributed by atoms with Crippen molar-refractivity contribution >= 4 is 47.8 Å². The Morgan fingerprint density at radius 3 is 1.00 bits per heavy atom. The van der Waals surface area contributed by atoms with Gasteiger partial charge in [-0.15, -0.1) is 0 Å². The van der Waals surface area contributed by atoms with E-state index >= 15 is 0 Å². The average Bonchev–Trinajstić information content (AvgIpc) is 2.89. The van der Waals surface area contributed by atoms with Gasteiger partial charge >= 0.3 is 47.8 Å². The van der Waals surface area contributed by atoms with Crippen LogP contribution in [0.2, 0.25) is 0 Å². The molecule has 0 bridgehead atoms. The molecule has 0 saturated carbocycles. The van der Waals surface area contributed by atoms with Crippen molar-refractivity contribution in [3.63, 3.8) is 0 Å². The molecule has 0 aromatic carbocycles. The minimum Gasteiger partial charge on any atom is -0.393 e. The van der Waals surface area contributed by atoms with Crippen molar-refractivity contribution in [2.24, 2.45) is 17.8 Å². The summed E-state index contributed by atoms with van der Waals surface area (Å²) in [4.78, 5) is 84.8. The SMILES string of the molecule is C=CC(=O)OC(=O)C(C)C.C=CC(=O)OC(=O)CCC.CC(C)C(=O)OC(=O)C(C)C.CCCC(=O)OC(=O)CCC. The molecule has 12 heteroatoms. The van der Waals surface area contributed by atoms with Crippen molar-refractivity contribution < 1.29 is 57.3 Å². The second-order valence-corrected chi connectivity index (χ2v) is 9.24. The lowest BCUT2D eigenvalue weighted by Gasteiger charge is -2.06. The monoisotopic (exact) mass is 600 g/mol. The van der Waals surface area contributed by atoms with E-state index in [1.54, 1.807) is 41.5 Å². The summed E-state index contributed by atoms with van der Waals surface area (Å²) in [6.45, 7) is 21.9. The van der Waals surface area contributed by atoms with E-state index in [9.17, 15) is 38.4 Å². The molecular formula is C30H48O12. The molecule has 0 aliphatic rings. The summed E-state index contributed by atoms with van der Waals surface area (Å²) in [5.41, 5.74) is 0.